The second-order valence-electron chi connectivity index (χ2n) is 9.39. The molecule has 2 saturated heterocycles. The van der Waals surface area contributed by atoms with E-state index in [2.05, 4.69) is 10.3 Å². The lowest BCUT2D eigenvalue weighted by Crippen LogP contribution is -2.68. The van der Waals surface area contributed by atoms with Crippen LogP contribution in [0, 0.1) is 0 Å². The molecule has 0 saturated carbocycles. The van der Waals surface area contributed by atoms with Crippen LogP contribution in [-0.4, -0.2) is 136 Å². The van der Waals surface area contributed by atoms with Crippen molar-refractivity contribution >= 4 is 25.5 Å². The minimum Gasteiger partial charge on any atom is -0.477 e. The number of carbonyl (C=O) groups excluding carboxylic acids is 1. The Hall–Kier alpha value is -2.63. The molecule has 0 bridgehead atoms. The summed E-state index contributed by atoms with van der Waals surface area (Å²) in [7, 11) is -5.54. The number of anilines is 1. The first-order valence-corrected chi connectivity index (χ1v) is 13.7. The molecule has 0 radical (unpaired) electrons. The van der Waals surface area contributed by atoms with Crippen molar-refractivity contribution in [3.05, 3.63) is 22.7 Å². The number of nitrogens with zero attached hydrogens (tertiary/aromatic N) is 2. The van der Waals surface area contributed by atoms with Crippen LogP contribution in [0.4, 0.5) is 5.82 Å². The van der Waals surface area contributed by atoms with E-state index >= 15 is 0 Å². The summed E-state index contributed by atoms with van der Waals surface area (Å²) in [6, 6.07) is -0.442. The van der Waals surface area contributed by atoms with Gasteiger partial charge in [-0.2, -0.15) is 4.98 Å². The maximum atomic E-state index is 12.8. The van der Waals surface area contributed by atoms with Gasteiger partial charge in [0.15, 0.2) is 6.23 Å². The van der Waals surface area contributed by atoms with Crippen molar-refractivity contribution in [1.29, 1.82) is 0 Å². The van der Waals surface area contributed by atoms with Gasteiger partial charge in [-0.25, -0.2) is 18.7 Å². The first-order valence-electron chi connectivity index (χ1n) is 12.2. The van der Waals surface area contributed by atoms with Crippen molar-refractivity contribution in [2.24, 2.45) is 5.73 Å². The predicted octanol–water partition coefficient (Wildman–Crippen LogP) is -6.33. The molecule has 2 aliphatic heterocycles. The molecule has 2 aliphatic rings. The number of phosphoric ester groups is 1. The van der Waals surface area contributed by atoms with E-state index in [0.717, 1.165) is 10.8 Å². The Labute approximate surface area is 235 Å². The molecule has 3 heterocycles. The van der Waals surface area contributed by atoms with Crippen molar-refractivity contribution in [3.63, 3.8) is 0 Å². The molecule has 0 aliphatic carbocycles. The highest BCUT2D eigenvalue weighted by Crippen LogP contribution is 2.51. The average Bonchev–Trinajstić information content (AvgIpc) is 3.20. The first-order chi connectivity index (χ1) is 19.6. The minimum absolute atomic E-state index is 0.140. The molecule has 0 aromatic carbocycles. The van der Waals surface area contributed by atoms with Crippen molar-refractivity contribution < 1.29 is 73.3 Å². The fourth-order valence-electron chi connectivity index (χ4n) is 4.33. The Morgan fingerprint density at radius 1 is 1.29 bits per heavy atom. The molecule has 22 heteroatoms. The van der Waals surface area contributed by atoms with Crippen LogP contribution in [0.2, 0.25) is 0 Å². The third-order valence-corrected chi connectivity index (χ3v) is 7.46. The van der Waals surface area contributed by atoms with Crippen LogP contribution in [0.1, 0.15) is 12.6 Å². The third-order valence-electron chi connectivity index (χ3n) is 6.46. The Morgan fingerprint density at radius 2 is 1.95 bits per heavy atom. The Balaban J connectivity index is 1.79. The molecule has 1 aromatic heterocycles. The van der Waals surface area contributed by atoms with E-state index in [1.807, 2.05) is 0 Å². The maximum absolute atomic E-state index is 12.8. The number of ether oxygens (including phenoxy) is 2. The summed E-state index contributed by atoms with van der Waals surface area (Å²) in [5, 5.41) is 72.8. The number of aliphatic hydroxyl groups excluding tert-OH is 6. The number of nitrogens with one attached hydrogen (secondary N) is 1. The number of carboxylic acids is 1. The molecule has 1 aromatic rings. The van der Waals surface area contributed by atoms with E-state index < -0.39 is 112 Å². The van der Waals surface area contributed by atoms with E-state index in [9.17, 15) is 59.6 Å². The number of amides is 1. The zero-order valence-corrected chi connectivity index (χ0v) is 22.4. The molecule has 1 amide bonds. The third kappa shape index (κ3) is 7.29. The number of carbonyl (C=O) groups is 2. The van der Waals surface area contributed by atoms with Crippen molar-refractivity contribution in [1.82, 2.24) is 14.9 Å². The van der Waals surface area contributed by atoms with Crippen molar-refractivity contribution in [2.45, 2.75) is 67.2 Å². The molecule has 5 unspecified atom stereocenters. The largest absolute Gasteiger partial charge is 0.477 e. The van der Waals surface area contributed by atoms with E-state index in [4.69, 9.17) is 30.0 Å². The van der Waals surface area contributed by atoms with Gasteiger partial charge < -0.3 is 66.9 Å². The number of phosphoric acid groups is 1. The summed E-state index contributed by atoms with van der Waals surface area (Å²) in [6.07, 6.45) is -14.9. The van der Waals surface area contributed by atoms with Gasteiger partial charge in [0.2, 0.25) is 5.91 Å². The summed E-state index contributed by atoms with van der Waals surface area (Å²) < 4.78 is 33.7. The van der Waals surface area contributed by atoms with Crippen LogP contribution in [0.15, 0.2) is 17.1 Å². The zero-order chi connectivity index (χ0) is 31.6. The van der Waals surface area contributed by atoms with Gasteiger partial charge in [-0.15, -0.1) is 0 Å². The van der Waals surface area contributed by atoms with E-state index in [0.29, 0.717) is 0 Å². The first kappa shape index (κ1) is 33.9. The molecule has 21 nitrogen and oxygen atoms in total. The van der Waals surface area contributed by atoms with Gasteiger partial charge in [-0.05, 0) is 6.07 Å². The number of aliphatic carboxylic acids is 1. The highest BCUT2D eigenvalue weighted by atomic mass is 31.2. The topological polar surface area (TPSA) is 349 Å². The summed E-state index contributed by atoms with van der Waals surface area (Å²) in [4.78, 5) is 49.9. The SMILES string of the molecule is NCC(=O)N[C@@H]1C(O)C[C@@](OP(=O)(O)OC[C@H]2O[C@@H](n3ccc(N)nc3=O)C(O)C2O)(C(=O)O)OC1[C@H](O)[C@H](O)CO. The van der Waals surface area contributed by atoms with Gasteiger partial charge in [0.1, 0.15) is 42.4 Å². The number of rotatable bonds is 12. The molecular formula is C20H32N5O16P. The normalized spacial score (nSPS) is 34.3. The van der Waals surface area contributed by atoms with Gasteiger partial charge in [-0.3, -0.25) is 13.9 Å². The molecule has 42 heavy (non-hydrogen) atoms. The predicted molar refractivity (Wildman–Crippen MR) is 132 cm³/mol. The smallest absolute Gasteiger partial charge is 0.475 e. The number of hydrogen-bond acceptors (Lipinski definition) is 17. The minimum atomic E-state index is -5.54. The molecule has 0 spiro atoms. The van der Waals surface area contributed by atoms with Crippen molar-refractivity contribution in [2.75, 3.05) is 25.5 Å². The van der Waals surface area contributed by atoms with E-state index in [-0.39, 0.29) is 5.82 Å². The number of hydrogen-bond donors (Lipinski definition) is 11. The average molecular weight is 629 g/mol. The second-order valence-corrected chi connectivity index (χ2v) is 10.8. The van der Waals surface area contributed by atoms with Crippen molar-refractivity contribution in [3.8, 4) is 0 Å². The quantitative estimate of drug-likeness (QED) is 0.0957. The number of aliphatic hydroxyl groups is 6. The number of aromatic nitrogens is 2. The maximum Gasteiger partial charge on any atom is 0.475 e. The Bertz CT molecular complexity index is 1240. The fraction of sp³-hybridized carbons (Fsp3) is 0.700. The van der Waals surface area contributed by atoms with E-state index in [1.54, 1.807) is 0 Å². The highest BCUT2D eigenvalue weighted by Gasteiger charge is 2.59. The number of nitrogen functional groups attached to an aromatic ring is 1. The Kier molecular flexibility index (Phi) is 10.8. The summed E-state index contributed by atoms with van der Waals surface area (Å²) in [5.41, 5.74) is 9.68. The molecule has 11 atom stereocenters. The summed E-state index contributed by atoms with van der Waals surface area (Å²) in [5.74, 6) is -6.39. The van der Waals surface area contributed by atoms with Gasteiger partial charge in [0.25, 0.3) is 5.79 Å². The Morgan fingerprint density at radius 3 is 2.52 bits per heavy atom. The van der Waals surface area contributed by atoms with Crippen LogP contribution in [0.3, 0.4) is 0 Å². The van der Waals surface area contributed by atoms with Gasteiger partial charge >= 0.3 is 19.5 Å². The molecule has 238 valence electrons. The van der Waals surface area contributed by atoms with Crippen LogP contribution < -0.4 is 22.5 Å². The standard InChI is InChI=1S/C20H32N5O16P/c21-4-11(29)24-12-7(27)3-20(18(33)34,40-16(12)13(30)8(28)5-26)41-42(36,37)38-6-9-14(31)15(32)17(39-9)25-2-1-10(22)23-19(25)35/h1-2,7-9,12-17,26-28,30-32H,3-6,21H2,(H,24,29)(H,33,34)(H,36,37)(H2,22,23,35)/t7?,8-,9-,12-,13-,14?,15?,16?,17-,20-/m1/s1. The van der Waals surface area contributed by atoms with Crippen LogP contribution in [-0.2, 0) is 32.7 Å². The number of carboxylic acid groups (broad SMARTS) is 1. The van der Waals surface area contributed by atoms with E-state index in [1.165, 1.54) is 6.07 Å². The van der Waals surface area contributed by atoms with Gasteiger partial charge in [-0.1, -0.05) is 0 Å². The van der Waals surface area contributed by atoms with Gasteiger partial charge in [0, 0.05) is 12.6 Å². The van der Waals surface area contributed by atoms with Crippen LogP contribution in [0.5, 0.6) is 0 Å². The van der Waals surface area contributed by atoms with Crippen LogP contribution in [0.25, 0.3) is 0 Å². The highest BCUT2D eigenvalue weighted by molar-refractivity contribution is 7.47. The second kappa shape index (κ2) is 13.3. The lowest BCUT2D eigenvalue weighted by Gasteiger charge is -2.46. The van der Waals surface area contributed by atoms with Crippen LogP contribution >= 0.6 is 7.82 Å². The molecule has 3 rings (SSSR count). The summed E-state index contributed by atoms with van der Waals surface area (Å²) >= 11 is 0. The number of nitrogens with two attached hydrogens (primary N) is 2. The fourth-order valence-corrected chi connectivity index (χ4v) is 5.28. The van der Waals surface area contributed by atoms with Gasteiger partial charge in [0.05, 0.1) is 31.9 Å². The monoisotopic (exact) mass is 629 g/mol. The summed E-state index contributed by atoms with van der Waals surface area (Å²) in [6.45, 7) is -2.71. The molecule has 2 fully saturated rings. The lowest BCUT2D eigenvalue weighted by atomic mass is 9.88. The molecular weight excluding hydrogens is 597 g/mol. The zero-order valence-electron chi connectivity index (χ0n) is 21.5. The molecule has 13 N–H and O–H groups in total. The lowest BCUT2D eigenvalue weighted by molar-refractivity contribution is -0.289.